The molecule has 2 rings (SSSR count). The topological polar surface area (TPSA) is 26.0 Å². The molecule has 0 saturated heterocycles. The molecule has 2 aromatic carbocycles. The van der Waals surface area contributed by atoms with Gasteiger partial charge in [-0.1, -0.05) is 41.9 Å². The Hall–Kier alpha value is -1.47. The van der Waals surface area contributed by atoms with Crippen molar-refractivity contribution >= 4 is 17.3 Å². The Balaban J connectivity index is 2.63. The van der Waals surface area contributed by atoms with E-state index in [-0.39, 0.29) is 0 Å². The number of rotatable bonds is 1. The summed E-state index contributed by atoms with van der Waals surface area (Å²) in [5, 5.41) is 0.776. The fourth-order valence-electron chi connectivity index (χ4n) is 1.78. The molecule has 0 aromatic heterocycles. The molecule has 0 amide bonds. The molecule has 0 aliphatic carbocycles. The maximum atomic E-state index is 6.28. The van der Waals surface area contributed by atoms with Gasteiger partial charge in [0.15, 0.2) is 0 Å². The highest BCUT2D eigenvalue weighted by molar-refractivity contribution is 6.34. The van der Waals surface area contributed by atoms with Gasteiger partial charge >= 0.3 is 0 Å². The highest BCUT2D eigenvalue weighted by atomic mass is 35.5. The number of nitrogen functional groups attached to an aromatic ring is 1. The van der Waals surface area contributed by atoms with Crippen LogP contribution >= 0.6 is 11.6 Å². The van der Waals surface area contributed by atoms with Crippen LogP contribution in [0.5, 0.6) is 0 Å². The molecule has 0 fully saturated rings. The summed E-state index contributed by atoms with van der Waals surface area (Å²) in [5.74, 6) is 0. The van der Waals surface area contributed by atoms with Gasteiger partial charge in [-0.2, -0.15) is 0 Å². The van der Waals surface area contributed by atoms with E-state index < -0.39 is 0 Å². The molecule has 0 heterocycles. The van der Waals surface area contributed by atoms with Crippen LogP contribution in [0.3, 0.4) is 0 Å². The van der Waals surface area contributed by atoms with Crippen molar-refractivity contribution in [3.63, 3.8) is 0 Å². The van der Waals surface area contributed by atoms with Crippen molar-refractivity contribution in [2.24, 2.45) is 0 Å². The van der Waals surface area contributed by atoms with Crippen LogP contribution in [-0.2, 0) is 0 Å². The Morgan fingerprint density at radius 3 is 2.44 bits per heavy atom. The number of benzene rings is 2. The molecule has 0 spiro atoms. The summed E-state index contributed by atoms with van der Waals surface area (Å²) in [6, 6.07) is 12.0. The lowest BCUT2D eigenvalue weighted by Gasteiger charge is -2.10. The van der Waals surface area contributed by atoms with Gasteiger partial charge < -0.3 is 5.73 Å². The van der Waals surface area contributed by atoms with E-state index in [2.05, 4.69) is 0 Å². The highest BCUT2D eigenvalue weighted by Crippen LogP contribution is 2.34. The number of anilines is 1. The third kappa shape index (κ3) is 1.91. The Morgan fingerprint density at radius 1 is 1.00 bits per heavy atom. The van der Waals surface area contributed by atoms with Gasteiger partial charge in [-0.3, -0.25) is 0 Å². The van der Waals surface area contributed by atoms with Crippen LogP contribution in [0.15, 0.2) is 36.4 Å². The van der Waals surface area contributed by atoms with Crippen LogP contribution in [0.25, 0.3) is 11.1 Å². The average Bonchev–Trinajstić information content (AvgIpc) is 2.23. The zero-order chi connectivity index (χ0) is 11.7. The van der Waals surface area contributed by atoms with Gasteiger partial charge in [-0.15, -0.1) is 0 Å². The molecule has 0 aliphatic rings. The van der Waals surface area contributed by atoms with Crippen molar-refractivity contribution in [1.29, 1.82) is 0 Å². The first-order valence-corrected chi connectivity index (χ1v) is 5.59. The normalized spacial score (nSPS) is 10.4. The van der Waals surface area contributed by atoms with Gasteiger partial charge in [0.25, 0.3) is 0 Å². The molecule has 2 heteroatoms. The van der Waals surface area contributed by atoms with Crippen LogP contribution in [0.2, 0.25) is 5.02 Å². The summed E-state index contributed by atoms with van der Waals surface area (Å²) in [7, 11) is 0. The Morgan fingerprint density at radius 2 is 1.75 bits per heavy atom. The van der Waals surface area contributed by atoms with E-state index in [1.807, 2.05) is 50.2 Å². The standard InChI is InChI=1S/C14H14ClN/c1-9-6-7-11(13(16)8-9)12-5-3-4-10(2)14(12)15/h3-8H,16H2,1-2H3. The van der Waals surface area contributed by atoms with Gasteiger partial charge in [-0.05, 0) is 31.0 Å². The fraction of sp³-hybridized carbons (Fsp3) is 0.143. The third-order valence-electron chi connectivity index (χ3n) is 2.69. The van der Waals surface area contributed by atoms with Crippen molar-refractivity contribution in [2.75, 3.05) is 5.73 Å². The van der Waals surface area contributed by atoms with Crippen LogP contribution in [-0.4, -0.2) is 0 Å². The average molecular weight is 232 g/mol. The predicted molar refractivity (Wildman–Crippen MR) is 70.8 cm³/mol. The molecular formula is C14H14ClN. The smallest absolute Gasteiger partial charge is 0.0514 e. The summed E-state index contributed by atoms with van der Waals surface area (Å²) < 4.78 is 0. The second-order valence-corrected chi connectivity index (χ2v) is 4.41. The molecule has 2 aromatic rings. The third-order valence-corrected chi connectivity index (χ3v) is 3.19. The van der Waals surface area contributed by atoms with E-state index in [0.29, 0.717) is 0 Å². The minimum atomic E-state index is 0.771. The van der Waals surface area contributed by atoms with E-state index in [0.717, 1.165) is 33.0 Å². The van der Waals surface area contributed by atoms with Crippen molar-refractivity contribution in [2.45, 2.75) is 13.8 Å². The first-order chi connectivity index (χ1) is 7.59. The van der Waals surface area contributed by atoms with E-state index in [1.54, 1.807) is 0 Å². The molecular weight excluding hydrogens is 218 g/mol. The van der Waals surface area contributed by atoms with Crippen LogP contribution in [0.1, 0.15) is 11.1 Å². The lowest BCUT2D eigenvalue weighted by atomic mass is 10.0. The maximum absolute atomic E-state index is 6.28. The maximum Gasteiger partial charge on any atom is 0.0514 e. The van der Waals surface area contributed by atoms with E-state index >= 15 is 0 Å². The molecule has 0 saturated carbocycles. The number of halogens is 1. The van der Waals surface area contributed by atoms with Gasteiger partial charge in [0.1, 0.15) is 0 Å². The fourth-order valence-corrected chi connectivity index (χ4v) is 2.01. The van der Waals surface area contributed by atoms with Gasteiger partial charge in [0, 0.05) is 16.8 Å². The number of nitrogens with two attached hydrogens (primary N) is 1. The molecule has 0 atom stereocenters. The summed E-state index contributed by atoms with van der Waals surface area (Å²) in [6.07, 6.45) is 0. The SMILES string of the molecule is Cc1ccc(-c2cccc(C)c2Cl)c(N)c1. The summed E-state index contributed by atoms with van der Waals surface area (Å²) in [4.78, 5) is 0. The Kier molecular flexibility index (Phi) is 2.88. The van der Waals surface area contributed by atoms with Crippen molar-refractivity contribution in [1.82, 2.24) is 0 Å². The molecule has 82 valence electrons. The monoisotopic (exact) mass is 231 g/mol. The van der Waals surface area contributed by atoms with Gasteiger partial charge in [0.2, 0.25) is 0 Å². The van der Waals surface area contributed by atoms with Gasteiger partial charge in [-0.25, -0.2) is 0 Å². The number of hydrogen-bond acceptors (Lipinski definition) is 1. The number of hydrogen-bond donors (Lipinski definition) is 1. The molecule has 0 bridgehead atoms. The molecule has 0 unspecified atom stereocenters. The largest absolute Gasteiger partial charge is 0.398 e. The zero-order valence-corrected chi connectivity index (χ0v) is 10.2. The zero-order valence-electron chi connectivity index (χ0n) is 9.42. The lowest BCUT2D eigenvalue weighted by Crippen LogP contribution is -1.92. The van der Waals surface area contributed by atoms with E-state index in [4.69, 9.17) is 17.3 Å². The lowest BCUT2D eigenvalue weighted by molar-refractivity contribution is 1.44. The molecule has 1 nitrogen and oxygen atoms in total. The van der Waals surface area contributed by atoms with Crippen LogP contribution in [0.4, 0.5) is 5.69 Å². The Bertz CT molecular complexity index is 532. The quantitative estimate of drug-likeness (QED) is 0.732. The molecule has 0 aliphatic heterocycles. The minimum Gasteiger partial charge on any atom is -0.398 e. The first kappa shape index (κ1) is 11.0. The second-order valence-electron chi connectivity index (χ2n) is 4.03. The van der Waals surface area contributed by atoms with Crippen molar-refractivity contribution < 1.29 is 0 Å². The van der Waals surface area contributed by atoms with Crippen molar-refractivity contribution in [3.05, 3.63) is 52.5 Å². The number of aryl methyl sites for hydroxylation is 2. The molecule has 16 heavy (non-hydrogen) atoms. The van der Waals surface area contributed by atoms with Crippen molar-refractivity contribution in [3.8, 4) is 11.1 Å². The minimum absolute atomic E-state index is 0.771. The van der Waals surface area contributed by atoms with Gasteiger partial charge in [0.05, 0.1) is 5.02 Å². The molecule has 2 N–H and O–H groups in total. The van der Waals surface area contributed by atoms with E-state index in [9.17, 15) is 0 Å². The second kappa shape index (κ2) is 4.18. The van der Waals surface area contributed by atoms with E-state index in [1.165, 1.54) is 0 Å². The predicted octanol–water partition coefficient (Wildman–Crippen LogP) is 4.21. The first-order valence-electron chi connectivity index (χ1n) is 5.21. The molecule has 0 radical (unpaired) electrons. The van der Waals surface area contributed by atoms with Crippen LogP contribution < -0.4 is 5.73 Å². The summed E-state index contributed by atoms with van der Waals surface area (Å²) in [5.41, 5.74) is 11.0. The Labute approximate surface area is 101 Å². The summed E-state index contributed by atoms with van der Waals surface area (Å²) in [6.45, 7) is 4.02. The summed E-state index contributed by atoms with van der Waals surface area (Å²) >= 11 is 6.28. The highest BCUT2D eigenvalue weighted by Gasteiger charge is 2.08. The van der Waals surface area contributed by atoms with Crippen LogP contribution in [0, 0.1) is 13.8 Å².